The van der Waals surface area contributed by atoms with Crippen LogP contribution in [0.1, 0.15) is 74.7 Å². The van der Waals surface area contributed by atoms with Gasteiger partial charge in [0, 0.05) is 24.3 Å². The second-order valence-corrected chi connectivity index (χ2v) is 11.3. The predicted octanol–water partition coefficient (Wildman–Crippen LogP) is 10.4. The van der Waals surface area contributed by atoms with Crippen LogP contribution >= 0.6 is 0 Å². The summed E-state index contributed by atoms with van der Waals surface area (Å²) in [7, 11) is 0. The van der Waals surface area contributed by atoms with E-state index in [1.165, 1.54) is 0 Å². The number of aliphatic hydroxyl groups excluding tert-OH is 2. The van der Waals surface area contributed by atoms with Gasteiger partial charge in [0.1, 0.15) is 0 Å². The van der Waals surface area contributed by atoms with Crippen LogP contribution in [0.4, 0.5) is 22.7 Å². The maximum absolute atomic E-state index is 9.33. The number of fused-ring (bicyclic) bond motifs is 4. The Bertz CT molecular complexity index is 1460. The molecule has 2 atom stereocenters. The molecule has 0 amide bonds. The summed E-state index contributed by atoms with van der Waals surface area (Å²) in [6, 6.07) is 29.5. The maximum Gasteiger partial charge on any atom is 0.0957 e. The summed E-state index contributed by atoms with van der Waals surface area (Å²) in [4.78, 5) is 0. The first-order chi connectivity index (χ1) is 21.2. The van der Waals surface area contributed by atoms with Crippen LogP contribution in [0.5, 0.6) is 0 Å². The van der Waals surface area contributed by atoms with Gasteiger partial charge in [-0.25, -0.2) is 0 Å². The monoisotopic (exact) mass is 574 g/mol. The first-order valence-corrected chi connectivity index (χ1v) is 15.4. The van der Waals surface area contributed by atoms with Crippen molar-refractivity contribution in [2.75, 3.05) is 13.2 Å². The van der Waals surface area contributed by atoms with E-state index in [1.54, 1.807) is 0 Å². The van der Waals surface area contributed by atoms with Gasteiger partial charge in [-0.2, -0.15) is 10.2 Å². The Morgan fingerprint density at radius 2 is 0.930 bits per heavy atom. The number of ether oxygens (including phenoxy) is 1. The van der Waals surface area contributed by atoms with E-state index in [4.69, 9.17) is 4.74 Å². The Kier molecular flexibility index (Phi) is 9.43. The summed E-state index contributed by atoms with van der Waals surface area (Å²) >= 11 is 0. The zero-order valence-electron chi connectivity index (χ0n) is 24.4. The largest absolute Gasteiger partial charge is 0.396 e. The van der Waals surface area contributed by atoms with Crippen LogP contribution in [0.25, 0.3) is 22.3 Å². The molecule has 0 saturated carbocycles. The molecule has 0 aromatic heterocycles. The third-order valence-electron chi connectivity index (χ3n) is 8.27. The van der Waals surface area contributed by atoms with Gasteiger partial charge >= 0.3 is 0 Å². The van der Waals surface area contributed by atoms with E-state index in [2.05, 4.69) is 81.1 Å². The van der Waals surface area contributed by atoms with E-state index in [0.29, 0.717) is 0 Å². The van der Waals surface area contributed by atoms with Crippen molar-refractivity contribution in [3.63, 3.8) is 0 Å². The number of azo groups is 2. The first kappa shape index (κ1) is 29.1. The van der Waals surface area contributed by atoms with Gasteiger partial charge in [-0.3, -0.25) is 0 Å². The minimum absolute atomic E-state index is 0.0823. The van der Waals surface area contributed by atoms with Gasteiger partial charge in [0.15, 0.2) is 0 Å². The van der Waals surface area contributed by atoms with Crippen LogP contribution in [0.2, 0.25) is 0 Å². The molecule has 0 aliphatic carbocycles. The van der Waals surface area contributed by atoms with Crippen molar-refractivity contribution in [1.29, 1.82) is 0 Å². The molecular formula is C36H38N4O3. The summed E-state index contributed by atoms with van der Waals surface area (Å²) in [6.07, 6.45) is 7.06. The highest BCUT2D eigenvalue weighted by molar-refractivity contribution is 5.80. The van der Waals surface area contributed by atoms with Crippen molar-refractivity contribution in [3.05, 3.63) is 96.1 Å². The van der Waals surface area contributed by atoms with E-state index in [1.807, 2.05) is 24.3 Å². The van der Waals surface area contributed by atoms with Gasteiger partial charge in [-0.15, -0.1) is 10.2 Å². The summed E-state index contributed by atoms with van der Waals surface area (Å²) in [6.45, 7) is 0.425. The molecule has 2 unspecified atom stereocenters. The molecule has 4 bridgehead atoms. The van der Waals surface area contributed by atoms with Gasteiger partial charge < -0.3 is 14.9 Å². The molecule has 7 heteroatoms. The van der Waals surface area contributed by atoms with E-state index in [-0.39, 0.29) is 25.4 Å². The molecule has 6 rings (SSSR count). The number of benzene rings is 4. The first-order valence-electron chi connectivity index (χ1n) is 15.4. The van der Waals surface area contributed by atoms with Crippen LogP contribution in [0.3, 0.4) is 0 Å². The predicted molar refractivity (Wildman–Crippen MR) is 170 cm³/mol. The highest BCUT2D eigenvalue weighted by Gasteiger charge is 2.21. The number of hydrogen-bond acceptors (Lipinski definition) is 7. The molecule has 4 aromatic carbocycles. The molecule has 2 heterocycles. The molecule has 0 saturated heterocycles. The number of hydrogen-bond donors (Lipinski definition) is 2. The molecule has 4 aromatic rings. The fourth-order valence-electron chi connectivity index (χ4n) is 5.86. The molecule has 7 nitrogen and oxygen atoms in total. The second kappa shape index (κ2) is 14.0. The van der Waals surface area contributed by atoms with Crippen molar-refractivity contribution in [3.8, 4) is 22.3 Å². The van der Waals surface area contributed by atoms with E-state index < -0.39 is 0 Å². The van der Waals surface area contributed by atoms with Crippen LogP contribution in [0, 0.1) is 0 Å². The molecule has 2 aliphatic heterocycles. The van der Waals surface area contributed by atoms with Gasteiger partial charge in [0.25, 0.3) is 0 Å². The molecule has 0 spiro atoms. The Morgan fingerprint density at radius 3 is 1.35 bits per heavy atom. The summed E-state index contributed by atoms with van der Waals surface area (Å²) in [5.41, 5.74) is 10.3. The fourth-order valence-corrected chi connectivity index (χ4v) is 5.86. The number of unbranched alkanes of at least 4 members (excludes halogenated alkanes) is 4. The fraction of sp³-hybridized carbons (Fsp3) is 0.333. The minimum Gasteiger partial charge on any atom is -0.396 e. The second-order valence-electron chi connectivity index (χ2n) is 11.3. The van der Waals surface area contributed by atoms with E-state index >= 15 is 0 Å². The van der Waals surface area contributed by atoms with Gasteiger partial charge in [-0.05, 0) is 84.3 Å². The highest BCUT2D eigenvalue weighted by atomic mass is 16.5. The van der Waals surface area contributed by atoms with Gasteiger partial charge in [0.2, 0.25) is 0 Å². The van der Waals surface area contributed by atoms with Crippen molar-refractivity contribution in [2.24, 2.45) is 20.5 Å². The average Bonchev–Trinajstić information content (AvgIpc) is 3.61. The molecule has 0 radical (unpaired) electrons. The van der Waals surface area contributed by atoms with Crippen molar-refractivity contribution in [1.82, 2.24) is 0 Å². The molecule has 43 heavy (non-hydrogen) atoms. The molecular weight excluding hydrogens is 536 g/mol. The Morgan fingerprint density at radius 1 is 0.488 bits per heavy atom. The number of rotatable bonds is 16. The quantitative estimate of drug-likeness (QED) is 0.112. The lowest BCUT2D eigenvalue weighted by atomic mass is 9.96. The van der Waals surface area contributed by atoms with E-state index in [0.717, 1.165) is 107 Å². The average molecular weight is 575 g/mol. The lowest BCUT2D eigenvalue weighted by molar-refractivity contribution is -0.0265. The topological polar surface area (TPSA) is 99.1 Å². The summed E-state index contributed by atoms with van der Waals surface area (Å²) in [5.74, 6) is 0. The van der Waals surface area contributed by atoms with Crippen molar-refractivity contribution < 1.29 is 14.9 Å². The van der Waals surface area contributed by atoms with Gasteiger partial charge in [0.05, 0.1) is 35.0 Å². The molecule has 0 fully saturated rings. The third-order valence-corrected chi connectivity index (χ3v) is 8.27. The summed E-state index contributed by atoms with van der Waals surface area (Å²) < 4.78 is 6.99. The Hall–Kier alpha value is -4.04. The van der Waals surface area contributed by atoms with Crippen molar-refractivity contribution in [2.45, 2.75) is 63.6 Å². The smallest absolute Gasteiger partial charge is 0.0957 e. The minimum atomic E-state index is -0.0823. The summed E-state index contributed by atoms with van der Waals surface area (Å²) in [5, 5.41) is 35.6. The zero-order valence-corrected chi connectivity index (χ0v) is 24.4. The van der Waals surface area contributed by atoms with Crippen LogP contribution in [-0.2, 0) is 4.74 Å². The lowest BCUT2D eigenvalue weighted by Crippen LogP contribution is -2.12. The number of aliphatic hydroxyl groups is 2. The normalized spacial score (nSPS) is 14.0. The zero-order chi connectivity index (χ0) is 29.4. The Labute approximate surface area is 253 Å². The third kappa shape index (κ3) is 6.96. The Balaban J connectivity index is 1.23. The van der Waals surface area contributed by atoms with Crippen LogP contribution in [-0.4, -0.2) is 23.4 Å². The molecule has 2 aliphatic rings. The SMILES string of the molecule is OCCCCCC(OC(CCCCCO)c1ccc(-c2ccc3cc2N=N3)cc1)c1ccc(-c2ccc3cc2N=N3)cc1. The van der Waals surface area contributed by atoms with Crippen molar-refractivity contribution >= 4 is 22.7 Å². The molecule has 2 N–H and O–H groups in total. The highest BCUT2D eigenvalue weighted by Crippen LogP contribution is 2.42. The maximum atomic E-state index is 9.33. The van der Waals surface area contributed by atoms with Crippen LogP contribution < -0.4 is 0 Å². The van der Waals surface area contributed by atoms with Gasteiger partial charge in [-0.1, -0.05) is 74.2 Å². The standard InChI is InChI=1S/C36H38N4O3/c41-21-5-1-3-7-35(27-13-9-25(10-14-27)31-19-17-29-23-33(31)39-37-29)43-36(8-4-2-6-22-42)28-15-11-26(12-16-28)32-20-18-30-24-34(32)40-38-30/h9-20,23-24,35-36,41-42H,1-8,21-22H2. The molecule has 220 valence electrons. The lowest BCUT2D eigenvalue weighted by Gasteiger charge is -2.26. The van der Waals surface area contributed by atoms with E-state index in [9.17, 15) is 10.2 Å². The number of nitrogens with zero attached hydrogens (tertiary/aromatic N) is 4. The van der Waals surface area contributed by atoms with Crippen LogP contribution in [0.15, 0.2) is 105 Å².